The van der Waals surface area contributed by atoms with Crippen molar-refractivity contribution < 1.29 is 14.3 Å². The van der Waals surface area contributed by atoms with Gasteiger partial charge in [-0.15, -0.1) is 10.2 Å². The number of rotatable bonds is 6. The molecule has 0 aliphatic rings. The van der Waals surface area contributed by atoms with Crippen LogP contribution in [-0.4, -0.2) is 40.1 Å². The average Bonchev–Trinajstić information content (AvgIpc) is 2.82. The van der Waals surface area contributed by atoms with Gasteiger partial charge in [0.05, 0.1) is 31.2 Å². The summed E-state index contributed by atoms with van der Waals surface area (Å²) in [6, 6.07) is 22.0. The van der Waals surface area contributed by atoms with E-state index in [1.165, 1.54) is 7.11 Å². The highest BCUT2D eigenvalue weighted by molar-refractivity contribution is 6.01. The number of esters is 1. The van der Waals surface area contributed by atoms with Crippen LogP contribution >= 0.6 is 0 Å². The highest BCUT2D eigenvalue weighted by Crippen LogP contribution is 2.21. The van der Waals surface area contributed by atoms with E-state index in [1.54, 1.807) is 31.4 Å². The molecule has 3 rings (SSSR count). The molecular weight excluding hydrogens is 392 g/mol. The number of hydrogen-bond donors (Lipinski definition) is 0. The molecule has 0 fully saturated rings. The lowest BCUT2D eigenvalue weighted by molar-refractivity contribution is 0.0601. The fraction of sp³-hybridized carbons (Fsp3) is 0.167. The SMILES string of the molecule is COC(=O)c1ccc(N=C(N=Nc2ccc(OC)cc2)c2ccc(N(C)C)cc2)cc1. The van der Waals surface area contributed by atoms with Gasteiger partial charge >= 0.3 is 5.97 Å². The maximum atomic E-state index is 11.7. The van der Waals surface area contributed by atoms with E-state index in [9.17, 15) is 4.79 Å². The van der Waals surface area contributed by atoms with Gasteiger partial charge in [-0.1, -0.05) is 0 Å². The second kappa shape index (κ2) is 10.2. The Bertz CT molecular complexity index is 1070. The Morgan fingerprint density at radius 1 is 0.774 bits per heavy atom. The topological polar surface area (TPSA) is 75.8 Å². The smallest absolute Gasteiger partial charge is 0.337 e. The monoisotopic (exact) mass is 416 g/mol. The van der Waals surface area contributed by atoms with Gasteiger partial charge in [0, 0.05) is 25.3 Å². The Morgan fingerprint density at radius 2 is 1.35 bits per heavy atom. The summed E-state index contributed by atoms with van der Waals surface area (Å²) in [7, 11) is 6.93. The van der Waals surface area contributed by atoms with Gasteiger partial charge in [0.1, 0.15) is 5.75 Å². The highest BCUT2D eigenvalue weighted by atomic mass is 16.5. The van der Waals surface area contributed by atoms with E-state index in [4.69, 9.17) is 9.47 Å². The van der Waals surface area contributed by atoms with Crippen molar-refractivity contribution in [3.63, 3.8) is 0 Å². The molecule has 0 atom stereocenters. The molecule has 0 unspecified atom stereocenters. The quantitative estimate of drug-likeness (QED) is 0.233. The van der Waals surface area contributed by atoms with E-state index in [2.05, 4.69) is 15.2 Å². The molecule has 0 radical (unpaired) electrons. The van der Waals surface area contributed by atoms with Crippen molar-refractivity contribution in [1.82, 2.24) is 0 Å². The minimum absolute atomic E-state index is 0.394. The minimum atomic E-state index is -0.394. The molecule has 0 bridgehead atoms. The first kappa shape index (κ1) is 21.7. The Hall–Kier alpha value is -4.00. The van der Waals surface area contributed by atoms with Crippen molar-refractivity contribution in [2.24, 2.45) is 15.2 Å². The first-order valence-corrected chi connectivity index (χ1v) is 9.61. The molecule has 0 heterocycles. The third-order valence-electron chi connectivity index (χ3n) is 4.50. The molecule has 0 N–H and O–H groups in total. The van der Waals surface area contributed by atoms with Crippen molar-refractivity contribution in [1.29, 1.82) is 0 Å². The van der Waals surface area contributed by atoms with Crippen LogP contribution < -0.4 is 9.64 Å². The largest absolute Gasteiger partial charge is 0.497 e. The molecule has 3 aromatic carbocycles. The zero-order valence-electron chi connectivity index (χ0n) is 17.9. The van der Waals surface area contributed by atoms with Crippen LogP contribution in [0.4, 0.5) is 17.1 Å². The Balaban J connectivity index is 1.95. The second-order valence-corrected chi connectivity index (χ2v) is 6.81. The summed E-state index contributed by atoms with van der Waals surface area (Å²) in [6.45, 7) is 0. The first-order valence-electron chi connectivity index (χ1n) is 9.61. The number of amidine groups is 1. The molecule has 31 heavy (non-hydrogen) atoms. The number of anilines is 1. The number of carbonyl (C=O) groups excluding carboxylic acids is 1. The first-order chi connectivity index (χ1) is 15.0. The number of hydrogen-bond acceptors (Lipinski definition) is 6. The fourth-order valence-corrected chi connectivity index (χ4v) is 2.72. The lowest BCUT2D eigenvalue weighted by Crippen LogP contribution is -2.08. The average molecular weight is 416 g/mol. The Labute approximate surface area is 181 Å². The normalized spacial score (nSPS) is 11.4. The lowest BCUT2D eigenvalue weighted by atomic mass is 10.1. The molecule has 7 nitrogen and oxygen atoms in total. The molecule has 3 aromatic rings. The maximum Gasteiger partial charge on any atom is 0.337 e. The number of benzene rings is 3. The number of ether oxygens (including phenoxy) is 2. The molecule has 158 valence electrons. The molecule has 0 aliphatic carbocycles. The number of carbonyl (C=O) groups is 1. The molecule has 0 spiro atoms. The van der Waals surface area contributed by atoms with E-state index >= 15 is 0 Å². The van der Waals surface area contributed by atoms with E-state index in [1.807, 2.05) is 67.5 Å². The highest BCUT2D eigenvalue weighted by Gasteiger charge is 2.07. The van der Waals surface area contributed by atoms with Crippen molar-refractivity contribution in [3.05, 3.63) is 83.9 Å². The van der Waals surface area contributed by atoms with Gasteiger partial charge in [-0.05, 0) is 72.8 Å². The number of azo groups is 1. The van der Waals surface area contributed by atoms with Gasteiger partial charge in [0.25, 0.3) is 0 Å². The summed E-state index contributed by atoms with van der Waals surface area (Å²) in [6.07, 6.45) is 0. The minimum Gasteiger partial charge on any atom is -0.497 e. The zero-order chi connectivity index (χ0) is 22.2. The third kappa shape index (κ3) is 5.76. The van der Waals surface area contributed by atoms with E-state index in [0.29, 0.717) is 22.8 Å². The van der Waals surface area contributed by atoms with Crippen LogP contribution in [0.1, 0.15) is 15.9 Å². The Morgan fingerprint density at radius 3 is 1.90 bits per heavy atom. The van der Waals surface area contributed by atoms with Crippen LogP contribution in [0.5, 0.6) is 5.75 Å². The van der Waals surface area contributed by atoms with E-state index in [-0.39, 0.29) is 0 Å². The molecule has 7 heteroatoms. The predicted octanol–water partition coefficient (Wildman–Crippen LogP) is 5.41. The number of aliphatic imine (C=N–C) groups is 1. The summed E-state index contributed by atoms with van der Waals surface area (Å²) in [5.74, 6) is 0.805. The molecule has 0 saturated heterocycles. The molecule has 0 saturated carbocycles. The van der Waals surface area contributed by atoms with Crippen LogP contribution in [0, 0.1) is 0 Å². The summed E-state index contributed by atoms with van der Waals surface area (Å²) >= 11 is 0. The summed E-state index contributed by atoms with van der Waals surface area (Å²) in [5.41, 5.74) is 3.67. The zero-order valence-corrected chi connectivity index (χ0v) is 17.9. The van der Waals surface area contributed by atoms with Crippen molar-refractivity contribution in [2.75, 3.05) is 33.2 Å². The molecule has 0 aromatic heterocycles. The van der Waals surface area contributed by atoms with E-state index < -0.39 is 5.97 Å². The van der Waals surface area contributed by atoms with Crippen LogP contribution in [0.3, 0.4) is 0 Å². The lowest BCUT2D eigenvalue weighted by Gasteiger charge is -2.12. The van der Waals surface area contributed by atoms with Crippen molar-refractivity contribution in [3.8, 4) is 5.75 Å². The molecule has 0 aliphatic heterocycles. The van der Waals surface area contributed by atoms with Gasteiger partial charge in [-0.25, -0.2) is 9.79 Å². The standard InChI is InChI=1S/C24H24N4O3/c1-28(2)21-13-7-17(8-14-21)23(27-26-20-11-15-22(30-3)16-12-20)25-19-9-5-18(6-10-19)24(29)31-4/h5-16H,1-4H3. The number of methoxy groups -OCH3 is 2. The van der Waals surface area contributed by atoms with Gasteiger partial charge in [0.15, 0.2) is 5.84 Å². The van der Waals surface area contributed by atoms with Crippen LogP contribution in [0.15, 0.2) is 88.0 Å². The van der Waals surface area contributed by atoms with Crippen LogP contribution in [0.25, 0.3) is 0 Å². The van der Waals surface area contributed by atoms with Gasteiger partial charge in [0.2, 0.25) is 0 Å². The van der Waals surface area contributed by atoms with E-state index in [0.717, 1.165) is 17.0 Å². The predicted molar refractivity (Wildman–Crippen MR) is 122 cm³/mol. The summed E-state index contributed by atoms with van der Waals surface area (Å²) in [4.78, 5) is 18.3. The van der Waals surface area contributed by atoms with Crippen LogP contribution in [0.2, 0.25) is 0 Å². The van der Waals surface area contributed by atoms with Crippen molar-refractivity contribution in [2.45, 2.75) is 0 Å². The van der Waals surface area contributed by atoms with Gasteiger partial charge in [-0.3, -0.25) is 0 Å². The molecule has 0 amide bonds. The Kier molecular flexibility index (Phi) is 7.11. The second-order valence-electron chi connectivity index (χ2n) is 6.81. The van der Waals surface area contributed by atoms with Gasteiger partial charge in [-0.2, -0.15) is 0 Å². The number of nitrogens with zero attached hydrogens (tertiary/aromatic N) is 4. The summed E-state index contributed by atoms with van der Waals surface area (Å²) < 4.78 is 9.92. The van der Waals surface area contributed by atoms with Gasteiger partial charge < -0.3 is 14.4 Å². The maximum absolute atomic E-state index is 11.7. The third-order valence-corrected chi connectivity index (χ3v) is 4.50. The molecular formula is C24H24N4O3. The van der Waals surface area contributed by atoms with Crippen molar-refractivity contribution >= 4 is 28.9 Å². The fourth-order valence-electron chi connectivity index (χ4n) is 2.72. The van der Waals surface area contributed by atoms with Crippen LogP contribution in [-0.2, 0) is 4.74 Å². The summed E-state index contributed by atoms with van der Waals surface area (Å²) in [5, 5.41) is 8.72.